The Morgan fingerprint density at radius 3 is 2.59 bits per heavy atom. The van der Waals surface area contributed by atoms with Crippen LogP contribution in [0.4, 0.5) is 4.39 Å². The monoisotopic (exact) mass is 234 g/mol. The number of H-pyrrole nitrogens is 1. The molecule has 0 radical (unpaired) electrons. The van der Waals surface area contributed by atoms with Crippen LogP contribution in [0.25, 0.3) is 0 Å². The van der Waals surface area contributed by atoms with E-state index in [1.807, 2.05) is 0 Å². The zero-order valence-corrected chi connectivity index (χ0v) is 9.20. The Morgan fingerprint density at radius 2 is 2.06 bits per heavy atom. The smallest absolute Gasteiger partial charge is 0.356 e. The number of carboxylic acid groups (broad SMARTS) is 1. The van der Waals surface area contributed by atoms with Gasteiger partial charge in [-0.05, 0) is 24.6 Å². The van der Waals surface area contributed by atoms with Gasteiger partial charge in [0.1, 0.15) is 11.6 Å². The number of hydrogen-bond donors (Lipinski definition) is 2. The maximum absolute atomic E-state index is 12.7. The van der Waals surface area contributed by atoms with Crippen LogP contribution < -0.4 is 0 Å². The summed E-state index contributed by atoms with van der Waals surface area (Å²) in [6.07, 6.45) is 0.453. The van der Waals surface area contributed by atoms with Gasteiger partial charge in [0.05, 0.1) is 0 Å². The zero-order valence-electron chi connectivity index (χ0n) is 9.20. The fraction of sp³-hybridized carbons (Fsp3) is 0.167. The molecule has 1 aromatic heterocycles. The summed E-state index contributed by atoms with van der Waals surface area (Å²) in [5, 5.41) is 8.85. The third kappa shape index (κ3) is 2.50. The van der Waals surface area contributed by atoms with E-state index in [-0.39, 0.29) is 11.5 Å². The number of nitrogens with one attached hydrogen (secondary N) is 1. The van der Waals surface area contributed by atoms with E-state index in [1.54, 1.807) is 19.1 Å². The van der Waals surface area contributed by atoms with Crippen molar-refractivity contribution < 1.29 is 14.3 Å². The van der Waals surface area contributed by atoms with E-state index in [0.29, 0.717) is 17.9 Å². The van der Waals surface area contributed by atoms with E-state index in [1.165, 1.54) is 12.1 Å². The van der Waals surface area contributed by atoms with Crippen molar-refractivity contribution >= 4 is 5.97 Å². The summed E-state index contributed by atoms with van der Waals surface area (Å²) >= 11 is 0. The Hall–Kier alpha value is -2.17. The van der Waals surface area contributed by atoms with Crippen molar-refractivity contribution in [1.82, 2.24) is 9.97 Å². The summed E-state index contributed by atoms with van der Waals surface area (Å²) in [5.41, 5.74) is 1.42. The van der Waals surface area contributed by atoms with Gasteiger partial charge in [0.15, 0.2) is 5.69 Å². The van der Waals surface area contributed by atoms with Crippen LogP contribution in [0.3, 0.4) is 0 Å². The predicted molar refractivity (Wildman–Crippen MR) is 59.5 cm³/mol. The van der Waals surface area contributed by atoms with Crippen LogP contribution in [0.1, 0.15) is 27.6 Å². The van der Waals surface area contributed by atoms with Crippen LogP contribution in [0.2, 0.25) is 0 Å². The van der Waals surface area contributed by atoms with Crippen LogP contribution in [0.15, 0.2) is 24.3 Å². The summed E-state index contributed by atoms with van der Waals surface area (Å²) in [6, 6.07) is 6.02. The zero-order chi connectivity index (χ0) is 12.4. The third-order valence-electron chi connectivity index (χ3n) is 2.42. The normalized spacial score (nSPS) is 10.5. The first-order chi connectivity index (χ1) is 8.06. The minimum atomic E-state index is -1.05. The number of nitrogens with zero attached hydrogens (tertiary/aromatic N) is 1. The highest BCUT2D eigenvalue weighted by Crippen LogP contribution is 2.11. The maximum Gasteiger partial charge on any atom is 0.356 e. The first-order valence-electron chi connectivity index (χ1n) is 5.09. The Labute approximate surface area is 97.1 Å². The van der Waals surface area contributed by atoms with Crippen molar-refractivity contribution in [3.05, 3.63) is 52.9 Å². The molecule has 0 saturated heterocycles. The molecule has 1 aromatic carbocycles. The number of aromatic carboxylic acids is 1. The molecule has 0 unspecified atom stereocenters. The summed E-state index contributed by atoms with van der Waals surface area (Å²) in [6.45, 7) is 1.66. The van der Waals surface area contributed by atoms with Gasteiger partial charge in [-0.1, -0.05) is 12.1 Å². The Bertz CT molecular complexity index is 546. The molecular weight excluding hydrogens is 223 g/mol. The molecule has 0 bridgehead atoms. The Balaban J connectivity index is 2.22. The van der Waals surface area contributed by atoms with Crippen LogP contribution in [0, 0.1) is 12.7 Å². The molecule has 88 valence electrons. The lowest BCUT2D eigenvalue weighted by molar-refractivity contribution is 0.0690. The van der Waals surface area contributed by atoms with E-state index in [2.05, 4.69) is 9.97 Å². The molecule has 17 heavy (non-hydrogen) atoms. The van der Waals surface area contributed by atoms with E-state index in [0.717, 1.165) is 5.56 Å². The van der Waals surface area contributed by atoms with Gasteiger partial charge in [0.25, 0.3) is 0 Å². The lowest BCUT2D eigenvalue weighted by Crippen LogP contribution is -1.99. The minimum absolute atomic E-state index is 0.0297. The second-order valence-electron chi connectivity index (χ2n) is 3.77. The van der Waals surface area contributed by atoms with Crippen molar-refractivity contribution in [2.75, 3.05) is 0 Å². The quantitative estimate of drug-likeness (QED) is 0.855. The second kappa shape index (κ2) is 4.37. The molecule has 2 N–H and O–H groups in total. The number of aromatic amines is 1. The van der Waals surface area contributed by atoms with Gasteiger partial charge in [-0.25, -0.2) is 14.2 Å². The molecule has 2 aromatic rings. The molecular formula is C12H11FN2O2. The van der Waals surface area contributed by atoms with Crippen molar-refractivity contribution in [1.29, 1.82) is 0 Å². The number of rotatable bonds is 3. The van der Waals surface area contributed by atoms with Crippen molar-refractivity contribution in [2.45, 2.75) is 13.3 Å². The molecule has 2 rings (SSSR count). The molecule has 0 atom stereocenters. The number of aryl methyl sites for hydroxylation is 1. The summed E-state index contributed by atoms with van der Waals surface area (Å²) in [5.74, 6) is -0.786. The van der Waals surface area contributed by atoms with Gasteiger partial charge in [-0.2, -0.15) is 0 Å². The first kappa shape index (κ1) is 11.3. The Kier molecular flexibility index (Phi) is 2.91. The first-order valence-corrected chi connectivity index (χ1v) is 5.09. The molecule has 4 nitrogen and oxygen atoms in total. The van der Waals surface area contributed by atoms with Gasteiger partial charge in [0.2, 0.25) is 0 Å². The van der Waals surface area contributed by atoms with Crippen LogP contribution in [-0.4, -0.2) is 21.0 Å². The number of carbonyl (C=O) groups is 1. The molecule has 0 spiro atoms. The molecule has 0 amide bonds. The summed E-state index contributed by atoms with van der Waals surface area (Å²) in [4.78, 5) is 17.7. The average Bonchev–Trinajstić information content (AvgIpc) is 2.63. The van der Waals surface area contributed by atoms with Crippen molar-refractivity contribution in [2.24, 2.45) is 0 Å². The molecule has 0 aliphatic heterocycles. The minimum Gasteiger partial charge on any atom is -0.476 e. The van der Waals surface area contributed by atoms with Crippen LogP contribution in [-0.2, 0) is 6.42 Å². The predicted octanol–water partition coefficient (Wildman–Crippen LogP) is 2.15. The van der Waals surface area contributed by atoms with Crippen LogP contribution in [0.5, 0.6) is 0 Å². The molecule has 0 aliphatic carbocycles. The molecule has 0 fully saturated rings. The van der Waals surface area contributed by atoms with Crippen molar-refractivity contribution in [3.63, 3.8) is 0 Å². The highest BCUT2D eigenvalue weighted by molar-refractivity contribution is 5.86. The highest BCUT2D eigenvalue weighted by atomic mass is 19.1. The van der Waals surface area contributed by atoms with Gasteiger partial charge in [0, 0.05) is 12.1 Å². The number of halogens is 1. The van der Waals surface area contributed by atoms with Gasteiger partial charge < -0.3 is 10.1 Å². The lowest BCUT2D eigenvalue weighted by atomic mass is 10.1. The number of hydrogen-bond acceptors (Lipinski definition) is 2. The van der Waals surface area contributed by atoms with Gasteiger partial charge in [-0.15, -0.1) is 0 Å². The summed E-state index contributed by atoms with van der Waals surface area (Å²) in [7, 11) is 0. The summed E-state index contributed by atoms with van der Waals surface area (Å²) < 4.78 is 12.7. The van der Waals surface area contributed by atoms with E-state index >= 15 is 0 Å². The second-order valence-corrected chi connectivity index (χ2v) is 3.77. The fourth-order valence-corrected chi connectivity index (χ4v) is 1.61. The number of benzene rings is 1. The van der Waals surface area contributed by atoms with Gasteiger partial charge >= 0.3 is 5.97 Å². The fourth-order valence-electron chi connectivity index (χ4n) is 1.61. The standard InChI is InChI=1S/C12H11FN2O2/c1-7-11(12(16)17)15-10(14-7)6-8-2-4-9(13)5-3-8/h2-5H,6H2,1H3,(H,14,15)(H,16,17). The van der Waals surface area contributed by atoms with Crippen molar-refractivity contribution in [3.8, 4) is 0 Å². The topological polar surface area (TPSA) is 66.0 Å². The average molecular weight is 234 g/mol. The molecule has 1 heterocycles. The van der Waals surface area contributed by atoms with E-state index in [4.69, 9.17) is 5.11 Å². The molecule has 0 aliphatic rings. The highest BCUT2D eigenvalue weighted by Gasteiger charge is 2.13. The van der Waals surface area contributed by atoms with E-state index < -0.39 is 5.97 Å². The molecule has 0 saturated carbocycles. The number of carboxylic acids is 1. The number of aromatic nitrogens is 2. The Morgan fingerprint density at radius 1 is 1.41 bits per heavy atom. The third-order valence-corrected chi connectivity index (χ3v) is 2.42. The number of imidazole rings is 1. The van der Waals surface area contributed by atoms with Gasteiger partial charge in [-0.3, -0.25) is 0 Å². The maximum atomic E-state index is 12.7. The largest absolute Gasteiger partial charge is 0.476 e. The van der Waals surface area contributed by atoms with Crippen LogP contribution >= 0.6 is 0 Å². The lowest BCUT2D eigenvalue weighted by Gasteiger charge is -1.97. The molecule has 5 heteroatoms. The SMILES string of the molecule is Cc1[nH]c(Cc2ccc(F)cc2)nc1C(=O)O. The van der Waals surface area contributed by atoms with E-state index in [9.17, 15) is 9.18 Å².